The van der Waals surface area contributed by atoms with Crippen LogP contribution in [0.1, 0.15) is 39.5 Å². The van der Waals surface area contributed by atoms with Crippen LogP contribution in [0.5, 0.6) is 0 Å². The molecule has 0 aromatic rings. The Hall–Kier alpha value is -0.220. The van der Waals surface area contributed by atoms with Crippen LogP contribution in [0, 0.1) is 0 Å². The van der Waals surface area contributed by atoms with E-state index in [0.29, 0.717) is 5.91 Å². The van der Waals surface area contributed by atoms with Gasteiger partial charge in [-0.3, -0.25) is 10.1 Å². The second-order valence-corrected chi connectivity index (χ2v) is 7.10. The van der Waals surface area contributed by atoms with E-state index in [-0.39, 0.29) is 10.3 Å². The van der Waals surface area contributed by atoms with Crippen molar-refractivity contribution in [3.63, 3.8) is 0 Å². The third-order valence-corrected chi connectivity index (χ3v) is 5.12. The fourth-order valence-corrected chi connectivity index (χ4v) is 3.00. The van der Waals surface area contributed by atoms with Crippen molar-refractivity contribution >= 4 is 17.7 Å². The monoisotopic (exact) mass is 242 g/mol. The maximum atomic E-state index is 12.4. The minimum absolute atomic E-state index is 0.154. The molecule has 4 heteroatoms. The molecule has 2 aliphatic rings. The molecule has 0 radical (unpaired) electrons. The van der Waals surface area contributed by atoms with Crippen LogP contribution < -0.4 is 5.32 Å². The summed E-state index contributed by atoms with van der Waals surface area (Å²) in [5, 5.41) is 3.45. The molecule has 1 saturated heterocycles. The fourth-order valence-electron chi connectivity index (χ4n) is 2.72. The molecule has 2 rings (SSSR count). The quantitative estimate of drug-likeness (QED) is 0.819. The predicted octanol–water partition coefficient (Wildman–Crippen LogP) is 1.83. The molecule has 1 N–H and O–H groups in total. The zero-order chi connectivity index (χ0) is 11.8. The largest absolute Gasteiger partial charge is 0.327 e. The van der Waals surface area contributed by atoms with Gasteiger partial charge in [-0.25, -0.2) is 0 Å². The first-order valence-corrected chi connectivity index (χ1v) is 7.31. The summed E-state index contributed by atoms with van der Waals surface area (Å²) < 4.78 is 0.154. The molecule has 0 atom stereocenters. The van der Waals surface area contributed by atoms with Crippen molar-refractivity contribution in [2.24, 2.45) is 0 Å². The highest BCUT2D eigenvalue weighted by Gasteiger charge is 2.48. The van der Waals surface area contributed by atoms with Gasteiger partial charge in [0.2, 0.25) is 5.91 Å². The van der Waals surface area contributed by atoms with Crippen LogP contribution in [-0.2, 0) is 4.79 Å². The summed E-state index contributed by atoms with van der Waals surface area (Å²) in [6, 6.07) is 0. The number of hydrogen-bond donors (Lipinski definition) is 1. The lowest BCUT2D eigenvalue weighted by molar-refractivity contribution is -0.132. The minimum Gasteiger partial charge on any atom is -0.327 e. The third-order valence-electron chi connectivity index (χ3n) is 3.89. The number of rotatable bonds is 3. The normalized spacial score (nSPS) is 24.7. The van der Waals surface area contributed by atoms with Crippen molar-refractivity contribution in [3.05, 3.63) is 0 Å². The first-order valence-electron chi connectivity index (χ1n) is 6.09. The number of nitrogens with zero attached hydrogens (tertiary/aromatic N) is 1. The van der Waals surface area contributed by atoms with Crippen molar-refractivity contribution in [1.29, 1.82) is 0 Å². The molecular weight excluding hydrogens is 220 g/mol. The number of amides is 1. The van der Waals surface area contributed by atoms with Gasteiger partial charge < -0.3 is 4.90 Å². The fraction of sp³-hybridized carbons (Fsp3) is 0.917. The van der Waals surface area contributed by atoms with Gasteiger partial charge in [0.25, 0.3) is 0 Å². The van der Waals surface area contributed by atoms with Gasteiger partial charge in [0.1, 0.15) is 0 Å². The molecule has 1 amide bonds. The molecular formula is C12H22N2OS. The first-order chi connectivity index (χ1) is 7.49. The van der Waals surface area contributed by atoms with Crippen LogP contribution in [0.4, 0.5) is 0 Å². The highest BCUT2D eigenvalue weighted by atomic mass is 32.2. The molecule has 0 aromatic carbocycles. The lowest BCUT2D eigenvalue weighted by Crippen LogP contribution is -2.45. The van der Waals surface area contributed by atoms with Crippen molar-refractivity contribution in [2.45, 2.75) is 49.8 Å². The van der Waals surface area contributed by atoms with Gasteiger partial charge in [0, 0.05) is 11.3 Å². The number of carbonyl (C=O) groups excluding carboxylic acids is 1. The van der Waals surface area contributed by atoms with Gasteiger partial charge in [-0.1, -0.05) is 12.8 Å². The molecule has 1 spiro atoms. The van der Waals surface area contributed by atoms with E-state index >= 15 is 0 Å². The Morgan fingerprint density at radius 1 is 1.44 bits per heavy atom. The Morgan fingerprint density at radius 2 is 2.06 bits per heavy atom. The van der Waals surface area contributed by atoms with Crippen LogP contribution >= 0.6 is 11.8 Å². The van der Waals surface area contributed by atoms with Crippen molar-refractivity contribution < 1.29 is 4.79 Å². The van der Waals surface area contributed by atoms with Crippen molar-refractivity contribution in [3.8, 4) is 0 Å². The molecule has 1 saturated carbocycles. The molecule has 1 aliphatic heterocycles. The molecule has 1 heterocycles. The van der Waals surface area contributed by atoms with Gasteiger partial charge in [-0.2, -0.15) is 11.8 Å². The van der Waals surface area contributed by atoms with Crippen LogP contribution in [0.2, 0.25) is 0 Å². The van der Waals surface area contributed by atoms with Gasteiger partial charge in [0.15, 0.2) is 0 Å². The maximum absolute atomic E-state index is 12.4. The summed E-state index contributed by atoms with van der Waals surface area (Å²) in [5.41, 5.74) is -0.186. The Morgan fingerprint density at radius 3 is 2.62 bits per heavy atom. The Balaban J connectivity index is 2.02. The zero-order valence-electron chi connectivity index (χ0n) is 10.5. The predicted molar refractivity (Wildman–Crippen MR) is 68.5 cm³/mol. The van der Waals surface area contributed by atoms with Crippen LogP contribution in [-0.4, -0.2) is 40.6 Å². The SMILES string of the molecule is CSC(C)(C)CN1CNC2(CCCC2)C1=O. The van der Waals surface area contributed by atoms with E-state index in [1.807, 2.05) is 16.7 Å². The lowest BCUT2D eigenvalue weighted by Gasteiger charge is -2.29. The summed E-state index contributed by atoms with van der Waals surface area (Å²) in [6.07, 6.45) is 6.56. The number of hydrogen-bond acceptors (Lipinski definition) is 3. The number of carbonyl (C=O) groups is 1. The lowest BCUT2D eigenvalue weighted by atomic mass is 9.98. The Labute approximate surface area is 102 Å². The molecule has 0 aromatic heterocycles. The van der Waals surface area contributed by atoms with E-state index < -0.39 is 0 Å². The van der Waals surface area contributed by atoms with Crippen LogP contribution in [0.25, 0.3) is 0 Å². The maximum Gasteiger partial charge on any atom is 0.244 e. The number of thioether (sulfide) groups is 1. The molecule has 0 unspecified atom stereocenters. The second kappa shape index (κ2) is 4.22. The van der Waals surface area contributed by atoms with Gasteiger partial charge in [-0.15, -0.1) is 0 Å². The Kier molecular flexibility index (Phi) is 3.23. The second-order valence-electron chi connectivity index (χ2n) is 5.59. The average Bonchev–Trinajstić information content (AvgIpc) is 2.82. The smallest absolute Gasteiger partial charge is 0.244 e. The summed E-state index contributed by atoms with van der Waals surface area (Å²) in [5.74, 6) is 0.340. The van der Waals surface area contributed by atoms with Gasteiger partial charge >= 0.3 is 0 Å². The zero-order valence-corrected chi connectivity index (χ0v) is 11.3. The standard InChI is InChI=1S/C12H22N2OS/c1-11(2,16-3)8-14-9-13-12(10(14)15)6-4-5-7-12/h13H,4-9H2,1-3H3. The first kappa shape index (κ1) is 12.2. The summed E-state index contributed by atoms with van der Waals surface area (Å²) in [4.78, 5) is 14.4. The van der Waals surface area contributed by atoms with E-state index in [1.165, 1.54) is 12.8 Å². The minimum atomic E-state index is -0.186. The summed E-state index contributed by atoms with van der Waals surface area (Å²) in [6.45, 7) is 5.99. The van der Waals surface area contributed by atoms with E-state index in [2.05, 4.69) is 25.4 Å². The Bertz CT molecular complexity index is 285. The topological polar surface area (TPSA) is 32.3 Å². The van der Waals surface area contributed by atoms with Crippen LogP contribution in [0.3, 0.4) is 0 Å². The molecule has 0 bridgehead atoms. The van der Waals surface area contributed by atoms with E-state index in [4.69, 9.17) is 0 Å². The molecule has 16 heavy (non-hydrogen) atoms. The van der Waals surface area contributed by atoms with Crippen molar-refractivity contribution in [2.75, 3.05) is 19.5 Å². The van der Waals surface area contributed by atoms with Gasteiger partial charge in [-0.05, 0) is 32.9 Å². The third kappa shape index (κ3) is 2.09. The summed E-state index contributed by atoms with van der Waals surface area (Å²) in [7, 11) is 0. The highest BCUT2D eigenvalue weighted by Crippen LogP contribution is 2.35. The number of nitrogens with one attached hydrogen (secondary N) is 1. The molecule has 3 nitrogen and oxygen atoms in total. The van der Waals surface area contributed by atoms with E-state index in [0.717, 1.165) is 26.1 Å². The van der Waals surface area contributed by atoms with E-state index in [1.54, 1.807) is 0 Å². The van der Waals surface area contributed by atoms with Gasteiger partial charge in [0.05, 0.1) is 12.2 Å². The van der Waals surface area contributed by atoms with E-state index in [9.17, 15) is 4.79 Å². The average molecular weight is 242 g/mol. The summed E-state index contributed by atoms with van der Waals surface area (Å²) >= 11 is 1.83. The molecule has 2 fully saturated rings. The highest BCUT2D eigenvalue weighted by molar-refractivity contribution is 7.99. The molecule has 1 aliphatic carbocycles. The van der Waals surface area contributed by atoms with Crippen molar-refractivity contribution in [1.82, 2.24) is 10.2 Å². The molecule has 92 valence electrons. The van der Waals surface area contributed by atoms with Crippen LogP contribution in [0.15, 0.2) is 0 Å².